The van der Waals surface area contributed by atoms with E-state index >= 15 is 0 Å². The zero-order valence-corrected chi connectivity index (χ0v) is 5.42. The van der Waals surface area contributed by atoms with Crippen molar-refractivity contribution in [1.29, 1.82) is 0 Å². The number of carboxylic acids is 1. The molecule has 0 rings (SSSR count). The summed E-state index contributed by atoms with van der Waals surface area (Å²) >= 11 is 0. The summed E-state index contributed by atoms with van der Waals surface area (Å²) in [5.41, 5.74) is 5.53. The summed E-state index contributed by atoms with van der Waals surface area (Å²) in [6.45, 7) is 2.09. The van der Waals surface area contributed by atoms with E-state index in [0.29, 0.717) is 18.5 Å². The second-order valence-corrected chi connectivity index (χ2v) is 1.66. The maximum absolute atomic E-state index is 10.2. The molecule has 3 N–H and O–H groups in total. The van der Waals surface area contributed by atoms with Crippen molar-refractivity contribution < 1.29 is 9.90 Å². The van der Waals surface area contributed by atoms with Gasteiger partial charge in [-0.3, -0.25) is 0 Å². The highest BCUT2D eigenvalue weighted by Crippen LogP contribution is 1.97. The molecule has 0 aliphatic carbocycles. The third kappa shape index (κ3) is 2.87. The van der Waals surface area contributed by atoms with E-state index in [4.69, 9.17) is 10.8 Å². The molecular weight excluding hydrogens is 118 g/mol. The van der Waals surface area contributed by atoms with Crippen LogP contribution in [0.4, 0.5) is 0 Å². The second kappa shape index (κ2) is 4.09. The first kappa shape index (κ1) is 8.17. The van der Waals surface area contributed by atoms with E-state index in [1.165, 1.54) is 0 Å². The van der Waals surface area contributed by atoms with Crippen LogP contribution in [0.2, 0.25) is 0 Å². The average Bonchev–Trinajstić information content (AvgIpc) is 1.82. The molecule has 0 fully saturated rings. The molecule has 0 aliphatic rings. The first-order chi connectivity index (χ1) is 4.22. The van der Waals surface area contributed by atoms with Crippen molar-refractivity contribution >= 4 is 5.97 Å². The van der Waals surface area contributed by atoms with Crippen molar-refractivity contribution in [2.75, 3.05) is 6.54 Å². The summed E-state index contributed by atoms with van der Waals surface area (Å²) in [6.07, 6.45) is 2.01. The van der Waals surface area contributed by atoms with Crippen LogP contribution in [0.1, 0.15) is 13.3 Å². The van der Waals surface area contributed by atoms with Crippen LogP contribution in [0, 0.1) is 0 Å². The minimum Gasteiger partial charge on any atom is -0.478 e. The van der Waals surface area contributed by atoms with Crippen LogP contribution >= 0.6 is 0 Å². The van der Waals surface area contributed by atoms with Gasteiger partial charge in [-0.25, -0.2) is 4.79 Å². The minimum atomic E-state index is -0.872. The standard InChI is InChI=1S/C6H11NO2/c1-2-5(3-4-7)6(8)9/h2H,3-4,7H2,1H3,(H,8,9). The van der Waals surface area contributed by atoms with E-state index in [2.05, 4.69) is 0 Å². The molecule has 0 saturated carbocycles. The van der Waals surface area contributed by atoms with Gasteiger partial charge in [0.1, 0.15) is 0 Å². The molecular formula is C6H11NO2. The van der Waals surface area contributed by atoms with Crippen molar-refractivity contribution in [2.24, 2.45) is 5.73 Å². The number of rotatable bonds is 3. The second-order valence-electron chi connectivity index (χ2n) is 1.66. The highest BCUT2D eigenvalue weighted by molar-refractivity contribution is 5.86. The molecule has 3 heteroatoms. The van der Waals surface area contributed by atoms with Gasteiger partial charge in [0.05, 0.1) is 0 Å². The van der Waals surface area contributed by atoms with Gasteiger partial charge in [-0.2, -0.15) is 0 Å². The molecule has 0 unspecified atom stereocenters. The minimum absolute atomic E-state index is 0.387. The van der Waals surface area contributed by atoms with Crippen LogP contribution in [0.5, 0.6) is 0 Å². The Bertz CT molecular complexity index is 129. The number of carbonyl (C=O) groups is 1. The molecule has 0 aromatic heterocycles. The molecule has 0 bridgehead atoms. The van der Waals surface area contributed by atoms with Gasteiger partial charge in [-0.1, -0.05) is 6.08 Å². The fourth-order valence-corrected chi connectivity index (χ4v) is 0.530. The van der Waals surface area contributed by atoms with Gasteiger partial charge < -0.3 is 10.8 Å². The van der Waals surface area contributed by atoms with Crippen LogP contribution in [0.25, 0.3) is 0 Å². The van der Waals surface area contributed by atoms with Gasteiger partial charge in [-0.15, -0.1) is 0 Å². The molecule has 9 heavy (non-hydrogen) atoms. The topological polar surface area (TPSA) is 63.3 Å². The fourth-order valence-electron chi connectivity index (χ4n) is 0.530. The Morgan fingerprint density at radius 1 is 1.78 bits per heavy atom. The lowest BCUT2D eigenvalue weighted by atomic mass is 10.2. The van der Waals surface area contributed by atoms with Crippen molar-refractivity contribution in [1.82, 2.24) is 0 Å². The summed E-state index contributed by atoms with van der Waals surface area (Å²) in [6, 6.07) is 0. The summed E-state index contributed by atoms with van der Waals surface area (Å²) in [7, 11) is 0. The zero-order valence-electron chi connectivity index (χ0n) is 5.42. The zero-order chi connectivity index (χ0) is 7.28. The third-order valence-electron chi connectivity index (χ3n) is 1.04. The van der Waals surface area contributed by atoms with E-state index in [1.54, 1.807) is 13.0 Å². The molecule has 0 heterocycles. The van der Waals surface area contributed by atoms with Gasteiger partial charge in [-0.05, 0) is 19.9 Å². The Balaban J connectivity index is 3.85. The summed E-state index contributed by atoms with van der Waals surface area (Å²) in [5.74, 6) is -0.872. The lowest BCUT2D eigenvalue weighted by molar-refractivity contribution is -0.132. The summed E-state index contributed by atoms with van der Waals surface area (Å²) in [5, 5.41) is 8.38. The Hall–Kier alpha value is -0.830. The Kier molecular flexibility index (Phi) is 3.71. The van der Waals surface area contributed by atoms with Crippen molar-refractivity contribution in [3.63, 3.8) is 0 Å². The molecule has 0 aromatic carbocycles. The molecule has 0 spiro atoms. The lowest BCUT2D eigenvalue weighted by Gasteiger charge is -1.95. The smallest absolute Gasteiger partial charge is 0.331 e. The molecule has 0 atom stereocenters. The molecule has 0 aromatic rings. The fraction of sp³-hybridized carbons (Fsp3) is 0.500. The maximum atomic E-state index is 10.2. The molecule has 52 valence electrons. The summed E-state index contributed by atoms with van der Waals surface area (Å²) in [4.78, 5) is 10.2. The number of allylic oxidation sites excluding steroid dienone is 1. The number of carboxylic acid groups (broad SMARTS) is 1. The Morgan fingerprint density at radius 2 is 2.33 bits per heavy atom. The average molecular weight is 129 g/mol. The van der Waals surface area contributed by atoms with Crippen LogP contribution in [0.3, 0.4) is 0 Å². The number of nitrogens with two attached hydrogens (primary N) is 1. The molecule has 0 amide bonds. The Labute approximate surface area is 54.2 Å². The molecule has 3 nitrogen and oxygen atoms in total. The normalized spacial score (nSPS) is 11.6. The van der Waals surface area contributed by atoms with E-state index in [9.17, 15) is 4.79 Å². The largest absolute Gasteiger partial charge is 0.478 e. The van der Waals surface area contributed by atoms with Crippen LogP contribution < -0.4 is 5.73 Å². The number of aliphatic carboxylic acids is 1. The van der Waals surface area contributed by atoms with Crippen LogP contribution in [-0.4, -0.2) is 17.6 Å². The third-order valence-corrected chi connectivity index (χ3v) is 1.04. The van der Waals surface area contributed by atoms with Crippen LogP contribution in [0.15, 0.2) is 11.6 Å². The van der Waals surface area contributed by atoms with E-state index in [-0.39, 0.29) is 0 Å². The van der Waals surface area contributed by atoms with Crippen LogP contribution in [-0.2, 0) is 4.79 Å². The number of hydrogen-bond acceptors (Lipinski definition) is 2. The Morgan fingerprint density at radius 3 is 2.44 bits per heavy atom. The summed E-state index contributed by atoms with van der Waals surface area (Å²) < 4.78 is 0. The predicted molar refractivity (Wildman–Crippen MR) is 35.1 cm³/mol. The first-order valence-electron chi connectivity index (χ1n) is 2.81. The maximum Gasteiger partial charge on any atom is 0.331 e. The SMILES string of the molecule is CC=C(CCN)C(=O)O. The highest BCUT2D eigenvalue weighted by Gasteiger charge is 2.02. The quantitative estimate of drug-likeness (QED) is 0.541. The first-order valence-corrected chi connectivity index (χ1v) is 2.81. The molecule has 0 saturated heterocycles. The van der Waals surface area contributed by atoms with Gasteiger partial charge in [0, 0.05) is 5.57 Å². The molecule has 0 aliphatic heterocycles. The molecule has 0 radical (unpaired) electrons. The van der Waals surface area contributed by atoms with Crippen molar-refractivity contribution in [3.8, 4) is 0 Å². The van der Waals surface area contributed by atoms with Gasteiger partial charge in [0.25, 0.3) is 0 Å². The van der Waals surface area contributed by atoms with E-state index < -0.39 is 5.97 Å². The van der Waals surface area contributed by atoms with Gasteiger partial charge >= 0.3 is 5.97 Å². The van der Waals surface area contributed by atoms with Gasteiger partial charge in [0.15, 0.2) is 0 Å². The van der Waals surface area contributed by atoms with Crippen molar-refractivity contribution in [2.45, 2.75) is 13.3 Å². The van der Waals surface area contributed by atoms with E-state index in [1.807, 2.05) is 0 Å². The van der Waals surface area contributed by atoms with Gasteiger partial charge in [0.2, 0.25) is 0 Å². The monoisotopic (exact) mass is 129 g/mol. The lowest BCUT2D eigenvalue weighted by Crippen LogP contribution is -2.07. The van der Waals surface area contributed by atoms with E-state index in [0.717, 1.165) is 0 Å². The number of hydrogen-bond donors (Lipinski definition) is 2. The predicted octanol–water partition coefficient (Wildman–Crippen LogP) is 0.366. The van der Waals surface area contributed by atoms with Crippen molar-refractivity contribution in [3.05, 3.63) is 11.6 Å². The highest BCUT2D eigenvalue weighted by atomic mass is 16.4.